The summed E-state index contributed by atoms with van der Waals surface area (Å²) in [5.74, 6) is 0.929. The minimum absolute atomic E-state index is 0.663. The van der Waals surface area contributed by atoms with E-state index >= 15 is 0 Å². The maximum absolute atomic E-state index is 5.72. The summed E-state index contributed by atoms with van der Waals surface area (Å²) in [6.07, 6.45) is 2.62. The van der Waals surface area contributed by atoms with Gasteiger partial charge in [0.2, 0.25) is 0 Å². The number of pyridine rings is 1. The van der Waals surface area contributed by atoms with Gasteiger partial charge >= 0.3 is 0 Å². The van der Waals surface area contributed by atoms with Crippen molar-refractivity contribution in [3.63, 3.8) is 0 Å². The highest BCUT2D eigenvalue weighted by Crippen LogP contribution is 2.12. The number of hydrogen-bond acceptors (Lipinski definition) is 3. The fraction of sp³-hybridized carbons (Fsp3) is 0.444. The molecule has 1 aromatic heterocycles. The fourth-order valence-electron chi connectivity index (χ4n) is 1.04. The van der Waals surface area contributed by atoms with Crippen molar-refractivity contribution in [2.24, 2.45) is 5.73 Å². The second-order valence-electron chi connectivity index (χ2n) is 2.90. The Morgan fingerprint density at radius 2 is 2.31 bits per heavy atom. The molecule has 0 aliphatic rings. The number of rotatable bonds is 4. The Morgan fingerprint density at radius 1 is 1.54 bits per heavy atom. The van der Waals surface area contributed by atoms with Crippen LogP contribution in [-0.4, -0.2) is 25.1 Å². The van der Waals surface area contributed by atoms with E-state index in [1.165, 1.54) is 0 Å². The van der Waals surface area contributed by atoms with Gasteiger partial charge in [-0.2, -0.15) is 0 Å². The van der Waals surface area contributed by atoms with Crippen molar-refractivity contribution in [2.45, 2.75) is 6.42 Å². The highest BCUT2D eigenvalue weighted by atomic mass is 35.5. The lowest BCUT2D eigenvalue weighted by molar-refractivity contribution is 0.787. The van der Waals surface area contributed by atoms with E-state index in [9.17, 15) is 0 Å². The van der Waals surface area contributed by atoms with Crippen LogP contribution in [0.2, 0.25) is 5.02 Å². The standard InChI is InChI=1S/C9H14ClN3/c1-13(6-2-5-11)9-4-3-8(10)7-12-9/h3-4,7H,2,5-6,11H2,1H3. The van der Waals surface area contributed by atoms with E-state index in [0.717, 1.165) is 18.8 Å². The van der Waals surface area contributed by atoms with Crippen LogP contribution in [0, 0.1) is 0 Å². The molecule has 1 rings (SSSR count). The van der Waals surface area contributed by atoms with Gasteiger partial charge < -0.3 is 10.6 Å². The molecule has 0 saturated heterocycles. The van der Waals surface area contributed by atoms with Gasteiger partial charge in [0.1, 0.15) is 5.82 Å². The molecule has 0 amide bonds. The molecule has 72 valence electrons. The molecule has 0 aliphatic carbocycles. The van der Waals surface area contributed by atoms with Gasteiger partial charge in [0, 0.05) is 19.8 Å². The zero-order chi connectivity index (χ0) is 9.68. The van der Waals surface area contributed by atoms with Crippen LogP contribution < -0.4 is 10.6 Å². The van der Waals surface area contributed by atoms with E-state index in [2.05, 4.69) is 9.88 Å². The maximum atomic E-state index is 5.72. The molecule has 0 aliphatic heterocycles. The van der Waals surface area contributed by atoms with E-state index in [0.29, 0.717) is 11.6 Å². The monoisotopic (exact) mass is 199 g/mol. The van der Waals surface area contributed by atoms with Crippen molar-refractivity contribution in [3.8, 4) is 0 Å². The molecular weight excluding hydrogens is 186 g/mol. The van der Waals surface area contributed by atoms with Gasteiger partial charge in [-0.15, -0.1) is 0 Å². The highest BCUT2D eigenvalue weighted by Gasteiger charge is 2.00. The Morgan fingerprint density at radius 3 is 2.85 bits per heavy atom. The zero-order valence-corrected chi connectivity index (χ0v) is 8.46. The van der Waals surface area contributed by atoms with Crippen LogP contribution in [0.4, 0.5) is 5.82 Å². The third kappa shape index (κ3) is 3.20. The number of hydrogen-bond donors (Lipinski definition) is 1. The second-order valence-corrected chi connectivity index (χ2v) is 3.33. The molecule has 0 saturated carbocycles. The Balaban J connectivity index is 2.55. The van der Waals surface area contributed by atoms with Crippen LogP contribution in [0.25, 0.3) is 0 Å². The van der Waals surface area contributed by atoms with Crippen molar-refractivity contribution in [1.82, 2.24) is 4.98 Å². The molecule has 13 heavy (non-hydrogen) atoms. The third-order valence-electron chi connectivity index (χ3n) is 1.80. The Labute approximate surface area is 83.5 Å². The highest BCUT2D eigenvalue weighted by molar-refractivity contribution is 6.30. The zero-order valence-electron chi connectivity index (χ0n) is 7.70. The largest absolute Gasteiger partial charge is 0.360 e. The predicted octanol–water partition coefficient (Wildman–Crippen LogP) is 1.52. The van der Waals surface area contributed by atoms with Crippen LogP contribution in [0.1, 0.15) is 6.42 Å². The van der Waals surface area contributed by atoms with Crippen molar-refractivity contribution in [1.29, 1.82) is 0 Å². The maximum Gasteiger partial charge on any atom is 0.128 e. The molecule has 4 heteroatoms. The van der Waals surface area contributed by atoms with Crippen molar-refractivity contribution in [2.75, 3.05) is 25.0 Å². The molecule has 0 fully saturated rings. The van der Waals surface area contributed by atoms with Crippen LogP contribution in [0.5, 0.6) is 0 Å². The molecule has 0 spiro atoms. The Hall–Kier alpha value is -0.800. The second kappa shape index (κ2) is 5.04. The summed E-state index contributed by atoms with van der Waals surface area (Å²) in [4.78, 5) is 6.24. The minimum atomic E-state index is 0.663. The number of anilines is 1. The smallest absolute Gasteiger partial charge is 0.128 e. The van der Waals surface area contributed by atoms with Crippen molar-refractivity contribution in [3.05, 3.63) is 23.4 Å². The van der Waals surface area contributed by atoms with Gasteiger partial charge in [0.25, 0.3) is 0 Å². The average molecular weight is 200 g/mol. The molecule has 2 N–H and O–H groups in total. The average Bonchev–Trinajstić information content (AvgIpc) is 2.15. The van der Waals surface area contributed by atoms with E-state index in [1.54, 1.807) is 6.20 Å². The summed E-state index contributed by atoms with van der Waals surface area (Å²) in [6.45, 7) is 1.63. The van der Waals surface area contributed by atoms with Crippen LogP contribution in [0.3, 0.4) is 0 Å². The first kappa shape index (κ1) is 10.3. The summed E-state index contributed by atoms with van der Waals surface area (Å²) in [5.41, 5.74) is 5.41. The van der Waals surface area contributed by atoms with Gasteiger partial charge in [0.15, 0.2) is 0 Å². The van der Waals surface area contributed by atoms with E-state index in [-0.39, 0.29) is 0 Å². The van der Waals surface area contributed by atoms with E-state index in [4.69, 9.17) is 17.3 Å². The van der Waals surface area contributed by atoms with Crippen LogP contribution in [0.15, 0.2) is 18.3 Å². The first-order chi connectivity index (χ1) is 6.24. The van der Waals surface area contributed by atoms with Crippen LogP contribution >= 0.6 is 11.6 Å². The number of halogens is 1. The first-order valence-corrected chi connectivity index (χ1v) is 4.64. The van der Waals surface area contributed by atoms with E-state index < -0.39 is 0 Å². The lowest BCUT2D eigenvalue weighted by Crippen LogP contribution is -2.21. The number of aromatic nitrogens is 1. The Bertz CT molecular complexity index is 248. The summed E-state index contributed by atoms with van der Waals surface area (Å²) in [7, 11) is 1.99. The topological polar surface area (TPSA) is 42.1 Å². The molecule has 0 atom stereocenters. The van der Waals surface area contributed by atoms with Gasteiger partial charge in [-0.3, -0.25) is 0 Å². The summed E-state index contributed by atoms with van der Waals surface area (Å²) in [6, 6.07) is 3.74. The van der Waals surface area contributed by atoms with Gasteiger partial charge in [-0.25, -0.2) is 4.98 Å². The van der Waals surface area contributed by atoms with E-state index in [1.807, 2.05) is 19.2 Å². The molecule has 1 aromatic rings. The SMILES string of the molecule is CN(CCCN)c1ccc(Cl)cn1. The lowest BCUT2D eigenvalue weighted by Gasteiger charge is -2.17. The van der Waals surface area contributed by atoms with Crippen molar-refractivity contribution < 1.29 is 0 Å². The molecule has 3 nitrogen and oxygen atoms in total. The summed E-state index contributed by atoms with van der Waals surface area (Å²) in [5, 5.41) is 0.663. The first-order valence-electron chi connectivity index (χ1n) is 4.27. The molecule has 0 bridgehead atoms. The normalized spacial score (nSPS) is 10.1. The minimum Gasteiger partial charge on any atom is -0.360 e. The number of nitrogens with two attached hydrogens (primary N) is 1. The molecule has 1 heterocycles. The fourth-order valence-corrected chi connectivity index (χ4v) is 1.15. The quantitative estimate of drug-likeness (QED) is 0.800. The summed E-state index contributed by atoms with van der Waals surface area (Å²) < 4.78 is 0. The van der Waals surface area contributed by atoms with Gasteiger partial charge in [-0.1, -0.05) is 11.6 Å². The van der Waals surface area contributed by atoms with Gasteiger partial charge in [0.05, 0.1) is 5.02 Å². The van der Waals surface area contributed by atoms with Crippen molar-refractivity contribution >= 4 is 17.4 Å². The van der Waals surface area contributed by atoms with Crippen LogP contribution in [-0.2, 0) is 0 Å². The molecule has 0 aromatic carbocycles. The molecular formula is C9H14ClN3. The molecule has 0 radical (unpaired) electrons. The summed E-state index contributed by atoms with van der Waals surface area (Å²) >= 11 is 5.72. The lowest BCUT2D eigenvalue weighted by atomic mass is 10.4. The Kier molecular flexibility index (Phi) is 3.99. The van der Waals surface area contributed by atoms with Gasteiger partial charge in [-0.05, 0) is 25.1 Å². The predicted molar refractivity (Wildman–Crippen MR) is 56.2 cm³/mol. The molecule has 0 unspecified atom stereocenters. The number of nitrogens with zero attached hydrogens (tertiary/aromatic N) is 2. The third-order valence-corrected chi connectivity index (χ3v) is 2.02.